The van der Waals surface area contributed by atoms with Crippen LogP contribution in [0.2, 0.25) is 5.02 Å². The maximum Gasteiger partial charge on any atom is 0.244 e. The Morgan fingerprint density at radius 1 is 1.56 bits per heavy atom. The molecule has 1 aromatic carbocycles. The minimum atomic E-state index is -0.284. The van der Waals surface area contributed by atoms with E-state index in [1.54, 1.807) is 24.3 Å². The maximum atomic E-state index is 11.7. The smallest absolute Gasteiger partial charge is 0.244 e. The third-order valence-corrected chi connectivity index (χ3v) is 2.37. The monoisotopic (exact) mass is 261 g/mol. The molecule has 0 aliphatic heterocycles. The van der Waals surface area contributed by atoms with Crippen LogP contribution in [-0.2, 0) is 11.3 Å². The van der Waals surface area contributed by atoms with Gasteiger partial charge in [-0.05, 0) is 18.2 Å². The van der Waals surface area contributed by atoms with Crippen LogP contribution in [0.3, 0.4) is 0 Å². The Hall–Kier alpha value is -2.39. The number of hydrogen-bond acceptors (Lipinski definition) is 4. The van der Waals surface area contributed by atoms with Gasteiger partial charge in [-0.15, -0.1) is 10.2 Å². The Morgan fingerprint density at radius 3 is 3.11 bits per heavy atom. The van der Waals surface area contributed by atoms with E-state index in [1.807, 2.05) is 6.07 Å². The zero-order valence-electron chi connectivity index (χ0n) is 9.17. The highest BCUT2D eigenvalue weighted by atomic mass is 35.5. The zero-order valence-corrected chi connectivity index (χ0v) is 9.92. The van der Waals surface area contributed by atoms with Gasteiger partial charge in [0.05, 0.1) is 0 Å². The Bertz CT molecular complexity index is 616. The molecule has 0 radical (unpaired) electrons. The molecular formula is C11H8ClN5O. The van der Waals surface area contributed by atoms with Crippen molar-refractivity contribution in [3.63, 3.8) is 0 Å². The summed E-state index contributed by atoms with van der Waals surface area (Å²) >= 11 is 5.80. The summed E-state index contributed by atoms with van der Waals surface area (Å²) in [6, 6.07) is 8.65. The van der Waals surface area contributed by atoms with Gasteiger partial charge in [0.15, 0.2) is 0 Å². The fraction of sp³-hybridized carbons (Fsp3) is 0.0909. The molecule has 0 atom stereocenters. The quantitative estimate of drug-likeness (QED) is 0.906. The second kappa shape index (κ2) is 5.29. The lowest BCUT2D eigenvalue weighted by Gasteiger charge is -2.06. The summed E-state index contributed by atoms with van der Waals surface area (Å²) in [7, 11) is 0. The fourth-order valence-corrected chi connectivity index (χ4v) is 1.57. The predicted molar refractivity (Wildman–Crippen MR) is 64.8 cm³/mol. The van der Waals surface area contributed by atoms with Gasteiger partial charge in [0.1, 0.15) is 18.9 Å². The molecule has 0 spiro atoms. The van der Waals surface area contributed by atoms with Crippen molar-refractivity contribution in [1.82, 2.24) is 14.8 Å². The summed E-state index contributed by atoms with van der Waals surface area (Å²) in [4.78, 5) is 11.7. The van der Waals surface area contributed by atoms with E-state index in [4.69, 9.17) is 16.9 Å². The molecule has 18 heavy (non-hydrogen) atoms. The molecule has 2 aromatic rings. The molecule has 6 nitrogen and oxygen atoms in total. The Balaban J connectivity index is 2.04. The molecule has 1 amide bonds. The average molecular weight is 262 g/mol. The number of benzene rings is 1. The van der Waals surface area contributed by atoms with E-state index in [9.17, 15) is 4.79 Å². The van der Waals surface area contributed by atoms with E-state index in [1.165, 1.54) is 10.9 Å². The number of hydrogen-bond donors (Lipinski definition) is 1. The van der Waals surface area contributed by atoms with Crippen LogP contribution in [0.1, 0.15) is 5.82 Å². The van der Waals surface area contributed by atoms with E-state index in [0.29, 0.717) is 10.7 Å². The first-order chi connectivity index (χ1) is 8.69. The van der Waals surface area contributed by atoms with E-state index >= 15 is 0 Å². The van der Waals surface area contributed by atoms with Crippen molar-refractivity contribution in [2.24, 2.45) is 0 Å². The lowest BCUT2D eigenvalue weighted by atomic mass is 10.3. The van der Waals surface area contributed by atoms with Gasteiger partial charge in [-0.25, -0.2) is 0 Å². The third kappa shape index (κ3) is 2.84. The van der Waals surface area contributed by atoms with E-state index in [0.717, 1.165) is 0 Å². The topological polar surface area (TPSA) is 83.6 Å². The van der Waals surface area contributed by atoms with Gasteiger partial charge in [0, 0.05) is 10.7 Å². The summed E-state index contributed by atoms with van der Waals surface area (Å²) in [6.07, 6.45) is 1.33. The van der Waals surface area contributed by atoms with Crippen LogP contribution in [0.4, 0.5) is 5.69 Å². The van der Waals surface area contributed by atoms with Gasteiger partial charge in [0.25, 0.3) is 0 Å². The lowest BCUT2D eigenvalue weighted by molar-refractivity contribution is -0.116. The summed E-state index contributed by atoms with van der Waals surface area (Å²) in [5.74, 6) is -0.190. The molecule has 0 bridgehead atoms. The maximum absolute atomic E-state index is 11.7. The average Bonchev–Trinajstić information content (AvgIpc) is 2.76. The van der Waals surface area contributed by atoms with E-state index in [-0.39, 0.29) is 18.3 Å². The first kappa shape index (κ1) is 12.1. The van der Waals surface area contributed by atoms with E-state index < -0.39 is 0 Å². The lowest BCUT2D eigenvalue weighted by Crippen LogP contribution is -2.19. The number of halogens is 1. The number of nitriles is 1. The number of carbonyl (C=O) groups excluding carboxylic acids is 1. The van der Waals surface area contributed by atoms with Crippen LogP contribution in [0.25, 0.3) is 0 Å². The third-order valence-electron chi connectivity index (χ3n) is 2.14. The molecule has 0 unspecified atom stereocenters. The molecule has 0 saturated carbocycles. The van der Waals surface area contributed by atoms with E-state index in [2.05, 4.69) is 15.5 Å². The van der Waals surface area contributed by atoms with Crippen molar-refractivity contribution in [3.05, 3.63) is 41.4 Å². The standard InChI is InChI=1S/C11H8ClN5O/c12-8-2-1-3-9(4-8)15-11(18)6-17-7-14-16-10(17)5-13/h1-4,7H,6H2,(H,15,18). The number of nitrogens with one attached hydrogen (secondary N) is 1. The summed E-state index contributed by atoms with van der Waals surface area (Å²) in [6.45, 7) is -0.0254. The molecule has 0 aliphatic carbocycles. The molecule has 7 heteroatoms. The van der Waals surface area contributed by atoms with Crippen LogP contribution in [0.5, 0.6) is 0 Å². The van der Waals surface area contributed by atoms with Crippen LogP contribution in [0, 0.1) is 11.3 Å². The molecule has 90 valence electrons. The first-order valence-electron chi connectivity index (χ1n) is 5.02. The Morgan fingerprint density at radius 2 is 2.39 bits per heavy atom. The van der Waals surface area contributed by atoms with Crippen LogP contribution >= 0.6 is 11.6 Å². The van der Waals surface area contributed by atoms with Crippen molar-refractivity contribution in [2.45, 2.75) is 6.54 Å². The summed E-state index contributed by atoms with van der Waals surface area (Å²) < 4.78 is 1.36. The minimum Gasteiger partial charge on any atom is -0.324 e. The van der Waals surface area contributed by atoms with Crippen molar-refractivity contribution < 1.29 is 4.79 Å². The molecule has 1 heterocycles. The molecule has 0 aliphatic rings. The Labute approximate surface area is 108 Å². The van der Waals surface area contributed by atoms with Gasteiger partial charge in [-0.2, -0.15) is 5.26 Å². The second-order valence-electron chi connectivity index (χ2n) is 3.45. The highest BCUT2D eigenvalue weighted by Crippen LogP contribution is 2.14. The van der Waals surface area contributed by atoms with Crippen molar-refractivity contribution >= 4 is 23.2 Å². The van der Waals surface area contributed by atoms with Crippen LogP contribution < -0.4 is 5.32 Å². The highest BCUT2D eigenvalue weighted by molar-refractivity contribution is 6.30. The van der Waals surface area contributed by atoms with Gasteiger partial charge in [-0.3, -0.25) is 9.36 Å². The van der Waals surface area contributed by atoms with Gasteiger partial charge in [0.2, 0.25) is 11.7 Å². The number of rotatable bonds is 3. The molecule has 1 aromatic heterocycles. The van der Waals surface area contributed by atoms with Crippen molar-refractivity contribution in [3.8, 4) is 6.07 Å². The van der Waals surface area contributed by atoms with Crippen molar-refractivity contribution in [1.29, 1.82) is 5.26 Å². The molecule has 0 fully saturated rings. The second-order valence-corrected chi connectivity index (χ2v) is 3.89. The Kier molecular flexibility index (Phi) is 3.55. The molecular weight excluding hydrogens is 254 g/mol. The predicted octanol–water partition coefficient (Wildman–Crippen LogP) is 1.44. The molecule has 1 N–H and O–H groups in total. The highest BCUT2D eigenvalue weighted by Gasteiger charge is 2.08. The summed E-state index contributed by atoms with van der Waals surface area (Å²) in [5.41, 5.74) is 0.596. The fourth-order valence-electron chi connectivity index (χ4n) is 1.38. The van der Waals surface area contributed by atoms with Gasteiger partial charge >= 0.3 is 0 Å². The van der Waals surface area contributed by atoms with Crippen molar-refractivity contribution in [2.75, 3.05) is 5.32 Å². The molecule has 2 rings (SSSR count). The minimum absolute atomic E-state index is 0.0254. The van der Waals surface area contributed by atoms with Crippen LogP contribution in [-0.4, -0.2) is 20.7 Å². The van der Waals surface area contributed by atoms with Crippen LogP contribution in [0.15, 0.2) is 30.6 Å². The normalized spacial score (nSPS) is 9.78. The first-order valence-corrected chi connectivity index (χ1v) is 5.40. The SMILES string of the molecule is N#Cc1nncn1CC(=O)Nc1cccc(Cl)c1. The van der Waals surface area contributed by atoms with Gasteiger partial charge in [-0.1, -0.05) is 17.7 Å². The number of aromatic nitrogens is 3. The zero-order chi connectivity index (χ0) is 13.0. The number of carbonyl (C=O) groups is 1. The largest absolute Gasteiger partial charge is 0.324 e. The number of nitrogens with zero attached hydrogens (tertiary/aromatic N) is 4. The number of anilines is 1. The summed E-state index contributed by atoms with van der Waals surface area (Å²) in [5, 5.41) is 19.0. The number of amides is 1. The van der Waals surface area contributed by atoms with Gasteiger partial charge < -0.3 is 5.32 Å². The molecule has 0 saturated heterocycles.